The Morgan fingerprint density at radius 2 is 2.21 bits per heavy atom. The van der Waals surface area contributed by atoms with Gasteiger partial charge in [-0.2, -0.15) is 0 Å². The minimum absolute atomic E-state index is 0.0319. The summed E-state index contributed by atoms with van der Waals surface area (Å²) < 4.78 is 6.66. The molecule has 1 aromatic rings. The van der Waals surface area contributed by atoms with Crippen molar-refractivity contribution in [3.05, 3.63) is 32.6 Å². The molecular weight excluding hydrogens is 252 g/mol. The summed E-state index contributed by atoms with van der Waals surface area (Å²) >= 11 is 0. The fourth-order valence-electron chi connectivity index (χ4n) is 2.18. The molecule has 3 unspecified atom stereocenters. The van der Waals surface area contributed by atoms with Crippen molar-refractivity contribution in [3.63, 3.8) is 0 Å². The summed E-state index contributed by atoms with van der Waals surface area (Å²) in [5, 5.41) is 18.7. The summed E-state index contributed by atoms with van der Waals surface area (Å²) in [5.41, 5.74) is -0.510. The van der Waals surface area contributed by atoms with Crippen molar-refractivity contribution in [3.8, 4) is 0 Å². The van der Waals surface area contributed by atoms with Crippen molar-refractivity contribution in [2.45, 2.75) is 44.6 Å². The average Bonchev–Trinajstić information content (AvgIpc) is 2.69. The molecule has 1 saturated heterocycles. The Hall–Kier alpha value is -1.44. The summed E-state index contributed by atoms with van der Waals surface area (Å²) in [6.45, 7) is 3.38. The first kappa shape index (κ1) is 14.0. The van der Waals surface area contributed by atoms with Gasteiger partial charge in [0.2, 0.25) is 0 Å². The van der Waals surface area contributed by atoms with E-state index in [2.05, 4.69) is 4.98 Å². The van der Waals surface area contributed by atoms with Gasteiger partial charge in [0.1, 0.15) is 12.3 Å². The second-order valence-corrected chi connectivity index (χ2v) is 5.02. The zero-order valence-electron chi connectivity index (χ0n) is 10.9. The lowest BCUT2D eigenvalue weighted by Gasteiger charge is -2.16. The van der Waals surface area contributed by atoms with Gasteiger partial charge in [-0.25, -0.2) is 4.79 Å². The fourth-order valence-corrected chi connectivity index (χ4v) is 2.18. The maximum absolute atomic E-state index is 11.8. The molecule has 2 rings (SSSR count). The highest BCUT2D eigenvalue weighted by Crippen LogP contribution is 2.27. The van der Waals surface area contributed by atoms with Crippen molar-refractivity contribution >= 4 is 0 Å². The molecule has 1 aliphatic heterocycles. The molecule has 7 heteroatoms. The predicted molar refractivity (Wildman–Crippen MR) is 67.0 cm³/mol. The smallest absolute Gasteiger partial charge is 0.330 e. The van der Waals surface area contributed by atoms with E-state index >= 15 is 0 Å². The first-order valence-corrected chi connectivity index (χ1v) is 6.23. The molecule has 19 heavy (non-hydrogen) atoms. The van der Waals surface area contributed by atoms with Crippen LogP contribution < -0.4 is 11.2 Å². The lowest BCUT2D eigenvalue weighted by atomic mass is 10.1. The average molecular weight is 270 g/mol. The first-order valence-electron chi connectivity index (χ1n) is 6.23. The van der Waals surface area contributed by atoms with E-state index in [9.17, 15) is 14.7 Å². The Kier molecular flexibility index (Phi) is 3.88. The van der Waals surface area contributed by atoms with Crippen LogP contribution in [0.1, 0.15) is 38.0 Å². The number of rotatable bonds is 3. The molecule has 0 radical (unpaired) electrons. The van der Waals surface area contributed by atoms with Crippen LogP contribution in [0.5, 0.6) is 0 Å². The number of aromatic amines is 1. The van der Waals surface area contributed by atoms with Crippen LogP contribution in [0.2, 0.25) is 0 Å². The number of aliphatic hydroxyl groups is 2. The molecule has 0 bridgehead atoms. The van der Waals surface area contributed by atoms with Gasteiger partial charge in [-0.15, -0.1) is 0 Å². The topological polar surface area (TPSA) is 105 Å². The summed E-state index contributed by atoms with van der Waals surface area (Å²) in [6.07, 6.45) is -0.533. The van der Waals surface area contributed by atoms with Gasteiger partial charge in [0.25, 0.3) is 5.56 Å². The molecule has 3 N–H and O–H groups in total. The van der Waals surface area contributed by atoms with Gasteiger partial charge in [0.15, 0.2) is 0 Å². The third kappa shape index (κ3) is 2.63. The summed E-state index contributed by atoms with van der Waals surface area (Å²) in [7, 11) is 0. The zero-order valence-corrected chi connectivity index (χ0v) is 10.9. The SMILES string of the molecule is CC(C)c1cn(C2CC(O)C(CO)O2)c(=O)[nH]c1=O. The van der Waals surface area contributed by atoms with Crippen LogP contribution in [-0.4, -0.2) is 38.6 Å². The van der Waals surface area contributed by atoms with Crippen LogP contribution in [0.3, 0.4) is 0 Å². The molecule has 1 fully saturated rings. The van der Waals surface area contributed by atoms with Gasteiger partial charge >= 0.3 is 5.69 Å². The Morgan fingerprint density at radius 3 is 2.74 bits per heavy atom. The largest absolute Gasteiger partial charge is 0.394 e. The van der Waals surface area contributed by atoms with Gasteiger partial charge in [0, 0.05) is 18.2 Å². The lowest BCUT2D eigenvalue weighted by Crippen LogP contribution is -2.34. The monoisotopic (exact) mass is 270 g/mol. The number of hydrogen-bond donors (Lipinski definition) is 3. The summed E-state index contributed by atoms with van der Waals surface area (Å²) in [6, 6.07) is 0. The van der Waals surface area contributed by atoms with Gasteiger partial charge in [-0.3, -0.25) is 14.3 Å². The van der Waals surface area contributed by atoms with Crippen LogP contribution in [0, 0.1) is 0 Å². The maximum Gasteiger partial charge on any atom is 0.330 e. The Bertz CT molecular complexity index is 562. The normalized spacial score (nSPS) is 27.1. The van der Waals surface area contributed by atoms with E-state index < -0.39 is 29.7 Å². The number of H-pyrrole nitrogens is 1. The van der Waals surface area contributed by atoms with Gasteiger partial charge in [-0.05, 0) is 5.92 Å². The summed E-state index contributed by atoms with van der Waals surface area (Å²) in [5.74, 6) is -0.0319. The third-order valence-electron chi connectivity index (χ3n) is 3.31. The molecule has 0 saturated carbocycles. The molecule has 1 aliphatic rings. The molecule has 0 spiro atoms. The van der Waals surface area contributed by atoms with Crippen molar-refractivity contribution in [2.75, 3.05) is 6.61 Å². The highest BCUT2D eigenvalue weighted by molar-refractivity contribution is 5.09. The highest BCUT2D eigenvalue weighted by Gasteiger charge is 2.35. The van der Waals surface area contributed by atoms with Crippen molar-refractivity contribution in [1.29, 1.82) is 0 Å². The van der Waals surface area contributed by atoms with E-state index in [1.807, 2.05) is 13.8 Å². The second kappa shape index (κ2) is 5.28. The Morgan fingerprint density at radius 1 is 1.53 bits per heavy atom. The molecule has 3 atom stereocenters. The van der Waals surface area contributed by atoms with Crippen molar-refractivity contribution in [1.82, 2.24) is 9.55 Å². The van der Waals surface area contributed by atoms with E-state index in [4.69, 9.17) is 9.84 Å². The summed E-state index contributed by atoms with van der Waals surface area (Å²) in [4.78, 5) is 25.7. The third-order valence-corrected chi connectivity index (χ3v) is 3.31. The number of nitrogens with zero attached hydrogens (tertiary/aromatic N) is 1. The molecule has 2 heterocycles. The molecule has 0 aliphatic carbocycles. The first-order chi connectivity index (χ1) is 8.93. The quantitative estimate of drug-likeness (QED) is 0.673. The fraction of sp³-hybridized carbons (Fsp3) is 0.667. The minimum atomic E-state index is -0.823. The molecule has 0 amide bonds. The number of ether oxygens (including phenoxy) is 1. The van der Waals surface area contributed by atoms with E-state index in [0.717, 1.165) is 0 Å². The van der Waals surface area contributed by atoms with Gasteiger partial charge in [0.05, 0.1) is 12.7 Å². The lowest BCUT2D eigenvalue weighted by molar-refractivity contribution is -0.0460. The molecular formula is C12H18N2O5. The second-order valence-electron chi connectivity index (χ2n) is 5.02. The Balaban J connectivity index is 2.38. The standard InChI is InChI=1S/C12H18N2O5/c1-6(2)7-4-14(12(18)13-11(7)17)10-3-8(16)9(5-15)19-10/h4,6,8-10,15-16H,3,5H2,1-2H3,(H,13,17,18). The van der Waals surface area contributed by atoms with Crippen LogP contribution in [-0.2, 0) is 4.74 Å². The van der Waals surface area contributed by atoms with E-state index in [0.29, 0.717) is 5.56 Å². The Labute approximate surface area is 109 Å². The van der Waals surface area contributed by atoms with Crippen molar-refractivity contribution in [2.24, 2.45) is 0 Å². The number of hydrogen-bond acceptors (Lipinski definition) is 5. The van der Waals surface area contributed by atoms with Gasteiger partial charge in [-0.1, -0.05) is 13.8 Å². The molecule has 106 valence electrons. The van der Waals surface area contributed by atoms with Crippen LogP contribution in [0.15, 0.2) is 15.8 Å². The maximum atomic E-state index is 11.8. The molecule has 0 aromatic carbocycles. The van der Waals surface area contributed by atoms with E-state index in [1.54, 1.807) is 0 Å². The number of nitrogens with one attached hydrogen (secondary N) is 1. The van der Waals surface area contributed by atoms with Gasteiger partial charge < -0.3 is 14.9 Å². The minimum Gasteiger partial charge on any atom is -0.394 e. The number of aromatic nitrogens is 2. The van der Waals surface area contributed by atoms with Crippen LogP contribution in [0.25, 0.3) is 0 Å². The number of aliphatic hydroxyl groups excluding tert-OH is 2. The predicted octanol–water partition coefficient (Wildman–Crippen LogP) is -0.699. The van der Waals surface area contributed by atoms with Crippen LogP contribution in [0.4, 0.5) is 0 Å². The zero-order chi connectivity index (χ0) is 14.2. The molecule has 1 aromatic heterocycles. The van der Waals surface area contributed by atoms with E-state index in [-0.39, 0.29) is 18.9 Å². The van der Waals surface area contributed by atoms with E-state index in [1.165, 1.54) is 10.8 Å². The van der Waals surface area contributed by atoms with Crippen molar-refractivity contribution < 1.29 is 14.9 Å². The highest BCUT2D eigenvalue weighted by atomic mass is 16.5. The molecule has 7 nitrogen and oxygen atoms in total. The van der Waals surface area contributed by atoms with Crippen LogP contribution >= 0.6 is 0 Å².